The molecule has 2 fully saturated rings. The summed E-state index contributed by atoms with van der Waals surface area (Å²) in [6, 6.07) is 11.9. The SMILES string of the molecule is COC[C@H](C)Nc1ncc2c(-c3ccc([C@H](C)N4CCCC4)cc3)cc([C@H]3CC[C@H](O)CC3)n2n1. The molecule has 3 heterocycles. The van der Waals surface area contributed by atoms with Crippen molar-refractivity contribution in [2.75, 3.05) is 32.1 Å². The van der Waals surface area contributed by atoms with Gasteiger partial charge in [-0.3, -0.25) is 4.90 Å². The maximum absolute atomic E-state index is 10.1. The zero-order valence-corrected chi connectivity index (χ0v) is 21.3. The van der Waals surface area contributed by atoms with Gasteiger partial charge in [0, 0.05) is 36.4 Å². The Morgan fingerprint density at radius 3 is 2.49 bits per heavy atom. The summed E-state index contributed by atoms with van der Waals surface area (Å²) in [6.45, 7) is 7.36. The zero-order valence-electron chi connectivity index (χ0n) is 21.3. The number of ether oxygens (including phenoxy) is 1. The summed E-state index contributed by atoms with van der Waals surface area (Å²) in [7, 11) is 1.70. The van der Waals surface area contributed by atoms with Crippen molar-refractivity contribution in [3.05, 3.63) is 47.8 Å². The van der Waals surface area contributed by atoms with Crippen molar-refractivity contribution in [3.8, 4) is 11.1 Å². The molecule has 1 saturated carbocycles. The molecule has 0 spiro atoms. The monoisotopic (exact) mass is 477 g/mol. The first-order chi connectivity index (χ1) is 17.0. The van der Waals surface area contributed by atoms with E-state index in [4.69, 9.17) is 9.84 Å². The number of aliphatic hydroxyl groups excluding tert-OH is 1. The topological polar surface area (TPSA) is 74.9 Å². The molecule has 7 heteroatoms. The van der Waals surface area contributed by atoms with Crippen LogP contribution < -0.4 is 5.32 Å². The molecule has 1 aromatic carbocycles. The van der Waals surface area contributed by atoms with Crippen LogP contribution in [0.25, 0.3) is 16.6 Å². The summed E-state index contributed by atoms with van der Waals surface area (Å²) in [6.07, 6.45) is 8.02. The lowest BCUT2D eigenvalue weighted by Gasteiger charge is -2.25. The average Bonchev–Trinajstić information content (AvgIpc) is 3.53. The largest absolute Gasteiger partial charge is 0.393 e. The Hall–Kier alpha value is -2.48. The molecular formula is C28H39N5O2. The molecule has 35 heavy (non-hydrogen) atoms. The molecule has 7 nitrogen and oxygen atoms in total. The van der Waals surface area contributed by atoms with E-state index in [9.17, 15) is 5.11 Å². The van der Waals surface area contributed by atoms with Crippen molar-refractivity contribution in [3.63, 3.8) is 0 Å². The molecule has 1 saturated heterocycles. The van der Waals surface area contributed by atoms with E-state index >= 15 is 0 Å². The predicted molar refractivity (Wildman–Crippen MR) is 140 cm³/mol. The number of methoxy groups -OCH3 is 1. The zero-order chi connectivity index (χ0) is 24.4. The summed E-state index contributed by atoms with van der Waals surface area (Å²) < 4.78 is 7.34. The summed E-state index contributed by atoms with van der Waals surface area (Å²) in [5.74, 6) is 0.990. The number of fused-ring (bicyclic) bond motifs is 1. The van der Waals surface area contributed by atoms with Crippen molar-refractivity contribution >= 4 is 11.5 Å². The van der Waals surface area contributed by atoms with Crippen LogP contribution in [0, 0.1) is 0 Å². The van der Waals surface area contributed by atoms with E-state index in [1.54, 1.807) is 7.11 Å². The van der Waals surface area contributed by atoms with Crippen LogP contribution in [-0.2, 0) is 4.74 Å². The molecule has 2 aliphatic rings. The maximum atomic E-state index is 10.1. The number of nitrogens with zero attached hydrogens (tertiary/aromatic N) is 4. The van der Waals surface area contributed by atoms with E-state index in [0.717, 1.165) is 31.2 Å². The highest BCUT2D eigenvalue weighted by molar-refractivity contribution is 5.81. The Kier molecular flexibility index (Phi) is 7.37. The minimum Gasteiger partial charge on any atom is -0.393 e. The van der Waals surface area contributed by atoms with E-state index in [-0.39, 0.29) is 12.1 Å². The molecule has 2 N–H and O–H groups in total. The van der Waals surface area contributed by atoms with Crippen LogP contribution in [0.5, 0.6) is 0 Å². The third-order valence-electron chi connectivity index (χ3n) is 7.84. The number of benzene rings is 1. The number of hydrogen-bond donors (Lipinski definition) is 2. The molecule has 188 valence electrons. The van der Waals surface area contributed by atoms with E-state index in [1.165, 1.54) is 48.3 Å². The Morgan fingerprint density at radius 1 is 1.09 bits per heavy atom. The molecule has 1 aliphatic carbocycles. The van der Waals surface area contributed by atoms with Crippen molar-refractivity contribution < 1.29 is 9.84 Å². The van der Waals surface area contributed by atoms with Crippen molar-refractivity contribution in [1.82, 2.24) is 19.5 Å². The molecule has 0 radical (unpaired) electrons. The molecule has 2 atom stereocenters. The van der Waals surface area contributed by atoms with Gasteiger partial charge in [0.05, 0.1) is 24.4 Å². The summed E-state index contributed by atoms with van der Waals surface area (Å²) in [5, 5.41) is 18.3. The fourth-order valence-electron chi connectivity index (χ4n) is 5.77. The summed E-state index contributed by atoms with van der Waals surface area (Å²) >= 11 is 0. The normalized spacial score (nSPS) is 23.0. The lowest BCUT2D eigenvalue weighted by molar-refractivity contribution is 0.121. The van der Waals surface area contributed by atoms with Crippen LogP contribution in [0.1, 0.15) is 75.6 Å². The van der Waals surface area contributed by atoms with Gasteiger partial charge in [-0.1, -0.05) is 24.3 Å². The van der Waals surface area contributed by atoms with Crippen LogP contribution in [0.4, 0.5) is 5.95 Å². The van der Waals surface area contributed by atoms with Gasteiger partial charge in [0.1, 0.15) is 0 Å². The quantitative estimate of drug-likeness (QED) is 0.475. The Balaban J connectivity index is 1.48. The van der Waals surface area contributed by atoms with E-state index in [0.29, 0.717) is 24.5 Å². The lowest BCUT2D eigenvalue weighted by atomic mass is 9.85. The molecule has 2 aromatic heterocycles. The first-order valence-electron chi connectivity index (χ1n) is 13.2. The van der Waals surface area contributed by atoms with Gasteiger partial charge in [0.25, 0.3) is 0 Å². The van der Waals surface area contributed by atoms with E-state index in [2.05, 4.69) is 63.9 Å². The van der Waals surface area contributed by atoms with Crippen molar-refractivity contribution in [2.24, 2.45) is 0 Å². The number of rotatable bonds is 8. The van der Waals surface area contributed by atoms with Gasteiger partial charge in [0.2, 0.25) is 5.95 Å². The first-order valence-corrected chi connectivity index (χ1v) is 13.2. The third-order valence-corrected chi connectivity index (χ3v) is 7.84. The van der Waals surface area contributed by atoms with Gasteiger partial charge in [-0.2, -0.15) is 0 Å². The summed E-state index contributed by atoms with van der Waals surface area (Å²) in [5.41, 5.74) is 5.97. The van der Waals surface area contributed by atoms with Crippen LogP contribution in [0.15, 0.2) is 36.5 Å². The maximum Gasteiger partial charge on any atom is 0.241 e. The van der Waals surface area contributed by atoms with Gasteiger partial charge in [-0.25, -0.2) is 9.50 Å². The standard InChI is InChI=1S/C28H39N5O2/c1-19(18-35-3)30-28-29-17-27-25(16-26(33(27)31-28)23-10-12-24(34)13-11-23)22-8-6-21(7-9-22)20(2)32-14-4-5-15-32/h6-9,16-17,19-20,23-24,34H,4-5,10-15,18H2,1-3H3,(H,30,31)/t19-,20-,23-,24-/m0/s1. The second kappa shape index (κ2) is 10.6. The van der Waals surface area contributed by atoms with E-state index < -0.39 is 0 Å². The molecular weight excluding hydrogens is 438 g/mol. The Bertz CT molecular complexity index is 1110. The van der Waals surface area contributed by atoms with Crippen LogP contribution >= 0.6 is 0 Å². The average molecular weight is 478 g/mol. The van der Waals surface area contributed by atoms with Crippen LogP contribution in [0.2, 0.25) is 0 Å². The number of hydrogen-bond acceptors (Lipinski definition) is 6. The van der Waals surface area contributed by atoms with Crippen LogP contribution in [0.3, 0.4) is 0 Å². The number of anilines is 1. The minimum absolute atomic E-state index is 0.117. The third kappa shape index (κ3) is 5.22. The molecule has 3 aromatic rings. The first kappa shape index (κ1) is 24.2. The number of likely N-dealkylation sites (tertiary alicyclic amines) is 1. The number of aliphatic hydroxyl groups is 1. The Labute approximate surface area is 208 Å². The molecule has 0 unspecified atom stereocenters. The highest BCUT2D eigenvalue weighted by Gasteiger charge is 2.26. The van der Waals surface area contributed by atoms with Gasteiger partial charge in [-0.05, 0) is 82.7 Å². The van der Waals surface area contributed by atoms with Gasteiger partial charge < -0.3 is 15.2 Å². The van der Waals surface area contributed by atoms with Crippen molar-refractivity contribution in [1.29, 1.82) is 0 Å². The number of aromatic nitrogens is 3. The fraction of sp³-hybridized carbons (Fsp3) is 0.571. The van der Waals surface area contributed by atoms with E-state index in [1.807, 2.05) is 6.20 Å². The van der Waals surface area contributed by atoms with Crippen molar-refractivity contribution in [2.45, 2.75) is 76.5 Å². The predicted octanol–water partition coefficient (Wildman–Crippen LogP) is 5.02. The van der Waals surface area contributed by atoms with Crippen LogP contribution in [-0.4, -0.2) is 63.6 Å². The van der Waals surface area contributed by atoms with Gasteiger partial charge in [0.15, 0.2) is 0 Å². The Morgan fingerprint density at radius 2 is 1.80 bits per heavy atom. The smallest absolute Gasteiger partial charge is 0.241 e. The number of nitrogens with one attached hydrogen (secondary N) is 1. The summed E-state index contributed by atoms with van der Waals surface area (Å²) in [4.78, 5) is 7.21. The molecule has 0 bridgehead atoms. The van der Waals surface area contributed by atoms with Gasteiger partial charge in [-0.15, -0.1) is 5.10 Å². The fourth-order valence-corrected chi connectivity index (χ4v) is 5.77. The molecule has 1 aliphatic heterocycles. The highest BCUT2D eigenvalue weighted by atomic mass is 16.5. The minimum atomic E-state index is -0.177. The molecule has 5 rings (SSSR count). The highest BCUT2D eigenvalue weighted by Crippen LogP contribution is 2.38. The lowest BCUT2D eigenvalue weighted by Crippen LogP contribution is -2.23. The second-order valence-corrected chi connectivity index (χ2v) is 10.4. The second-order valence-electron chi connectivity index (χ2n) is 10.4. The molecule has 0 amide bonds. The van der Waals surface area contributed by atoms with Gasteiger partial charge >= 0.3 is 0 Å².